The largest absolute Gasteiger partial charge is 0.494 e. The number of nitrogens with one attached hydrogen (secondary N) is 1. The van der Waals surface area contributed by atoms with Crippen LogP contribution in [-0.4, -0.2) is 30.5 Å². The molecule has 1 fully saturated rings. The smallest absolute Gasteiger partial charge is 0.224 e. The van der Waals surface area contributed by atoms with E-state index in [0.717, 1.165) is 54.4 Å². The first-order chi connectivity index (χ1) is 13.2. The Hall–Kier alpha value is -2.04. The lowest BCUT2D eigenvalue weighted by molar-refractivity contribution is -0.126. The molecule has 1 aliphatic rings. The highest BCUT2D eigenvalue weighted by Crippen LogP contribution is 2.22. The van der Waals surface area contributed by atoms with E-state index in [4.69, 9.17) is 16.3 Å². The van der Waals surface area contributed by atoms with Gasteiger partial charge in [-0.05, 0) is 55.6 Å². The number of ether oxygens (including phenoxy) is 1. The van der Waals surface area contributed by atoms with E-state index in [1.807, 2.05) is 49.4 Å². The second kappa shape index (κ2) is 9.77. The minimum absolute atomic E-state index is 0.0244. The molecular formula is C22H27ClN2O2. The Morgan fingerprint density at radius 3 is 2.93 bits per heavy atom. The number of benzene rings is 2. The Bertz CT molecular complexity index is 765. The molecule has 0 saturated carbocycles. The third-order valence-corrected chi connectivity index (χ3v) is 5.27. The van der Waals surface area contributed by atoms with Crippen LogP contribution in [0.3, 0.4) is 0 Å². The van der Waals surface area contributed by atoms with Crippen molar-refractivity contribution in [2.45, 2.75) is 32.9 Å². The van der Waals surface area contributed by atoms with Crippen LogP contribution in [0.2, 0.25) is 5.02 Å². The van der Waals surface area contributed by atoms with Gasteiger partial charge in [0.05, 0.1) is 12.5 Å². The van der Waals surface area contributed by atoms with Gasteiger partial charge in [0.15, 0.2) is 0 Å². The Morgan fingerprint density at radius 2 is 2.11 bits per heavy atom. The molecule has 0 aromatic heterocycles. The summed E-state index contributed by atoms with van der Waals surface area (Å²) in [6, 6.07) is 15.8. The number of amides is 1. The van der Waals surface area contributed by atoms with E-state index in [-0.39, 0.29) is 11.8 Å². The summed E-state index contributed by atoms with van der Waals surface area (Å²) in [7, 11) is 0. The summed E-state index contributed by atoms with van der Waals surface area (Å²) in [6.45, 7) is 5.70. The molecule has 1 amide bonds. The highest BCUT2D eigenvalue weighted by atomic mass is 35.5. The van der Waals surface area contributed by atoms with Crippen LogP contribution in [0.25, 0.3) is 0 Å². The first-order valence-electron chi connectivity index (χ1n) is 9.61. The highest BCUT2D eigenvalue weighted by molar-refractivity contribution is 6.31. The molecule has 0 spiro atoms. The van der Waals surface area contributed by atoms with Gasteiger partial charge in [0.2, 0.25) is 5.91 Å². The molecular weight excluding hydrogens is 360 g/mol. The topological polar surface area (TPSA) is 41.6 Å². The maximum absolute atomic E-state index is 12.7. The lowest BCUT2D eigenvalue weighted by Crippen LogP contribution is -2.42. The van der Waals surface area contributed by atoms with Crippen molar-refractivity contribution in [3.8, 4) is 5.75 Å². The fourth-order valence-corrected chi connectivity index (χ4v) is 3.72. The second-order valence-corrected chi connectivity index (χ2v) is 7.37. The van der Waals surface area contributed by atoms with E-state index in [9.17, 15) is 4.79 Å². The van der Waals surface area contributed by atoms with Gasteiger partial charge in [-0.15, -0.1) is 0 Å². The van der Waals surface area contributed by atoms with E-state index >= 15 is 0 Å². The molecule has 1 atom stereocenters. The fraction of sp³-hybridized carbons (Fsp3) is 0.409. The van der Waals surface area contributed by atoms with Crippen LogP contribution in [0, 0.1) is 5.92 Å². The first kappa shape index (κ1) is 19.7. The number of piperidine rings is 1. The van der Waals surface area contributed by atoms with Crippen LogP contribution >= 0.6 is 11.6 Å². The van der Waals surface area contributed by atoms with Gasteiger partial charge in [-0.1, -0.05) is 41.9 Å². The standard InChI is InChI=1S/C22H27ClN2O2/c1-2-27-20-10-5-7-17(13-20)14-24-22(26)19-9-6-12-25(16-19)15-18-8-3-4-11-21(18)23/h3-5,7-8,10-11,13,19H,2,6,9,12,14-16H2,1H3,(H,24,26). The molecule has 1 aliphatic heterocycles. The summed E-state index contributed by atoms with van der Waals surface area (Å²) >= 11 is 6.28. The molecule has 0 bridgehead atoms. The SMILES string of the molecule is CCOc1cccc(CNC(=O)C2CCCN(Cc3ccccc3Cl)C2)c1. The molecule has 2 aromatic rings. The number of rotatable bonds is 7. The zero-order valence-corrected chi connectivity index (χ0v) is 16.5. The summed E-state index contributed by atoms with van der Waals surface area (Å²) in [5.74, 6) is 0.991. The van der Waals surface area contributed by atoms with Gasteiger partial charge in [-0.3, -0.25) is 9.69 Å². The normalized spacial score (nSPS) is 17.5. The highest BCUT2D eigenvalue weighted by Gasteiger charge is 2.25. The minimum atomic E-state index is 0.0244. The van der Waals surface area contributed by atoms with Gasteiger partial charge in [-0.25, -0.2) is 0 Å². The average molecular weight is 387 g/mol. The molecule has 0 aliphatic carbocycles. The van der Waals surface area contributed by atoms with Gasteiger partial charge in [0, 0.05) is 24.7 Å². The number of nitrogens with zero attached hydrogens (tertiary/aromatic N) is 1. The third-order valence-electron chi connectivity index (χ3n) is 4.90. The lowest BCUT2D eigenvalue weighted by atomic mass is 9.96. The van der Waals surface area contributed by atoms with E-state index in [1.165, 1.54) is 0 Å². The van der Waals surface area contributed by atoms with Gasteiger partial charge in [0.25, 0.3) is 0 Å². The quantitative estimate of drug-likeness (QED) is 0.772. The number of halogens is 1. The van der Waals surface area contributed by atoms with E-state index in [1.54, 1.807) is 0 Å². The monoisotopic (exact) mass is 386 g/mol. The van der Waals surface area contributed by atoms with Gasteiger partial charge in [0.1, 0.15) is 5.75 Å². The van der Waals surface area contributed by atoms with Crippen molar-refractivity contribution in [2.75, 3.05) is 19.7 Å². The number of hydrogen-bond acceptors (Lipinski definition) is 3. The maximum atomic E-state index is 12.7. The van der Waals surface area contributed by atoms with Crippen molar-refractivity contribution in [3.05, 3.63) is 64.7 Å². The van der Waals surface area contributed by atoms with Crippen molar-refractivity contribution in [1.82, 2.24) is 10.2 Å². The maximum Gasteiger partial charge on any atom is 0.224 e. The van der Waals surface area contributed by atoms with Crippen LogP contribution < -0.4 is 10.1 Å². The van der Waals surface area contributed by atoms with E-state index in [0.29, 0.717) is 13.2 Å². The van der Waals surface area contributed by atoms with Crippen LogP contribution in [-0.2, 0) is 17.9 Å². The van der Waals surface area contributed by atoms with Crippen molar-refractivity contribution in [1.29, 1.82) is 0 Å². The Labute approximate surface area is 166 Å². The number of hydrogen-bond donors (Lipinski definition) is 1. The lowest BCUT2D eigenvalue weighted by Gasteiger charge is -2.32. The number of carbonyl (C=O) groups is 1. The van der Waals surface area contributed by atoms with E-state index in [2.05, 4.69) is 16.3 Å². The molecule has 27 heavy (non-hydrogen) atoms. The Morgan fingerprint density at radius 1 is 1.26 bits per heavy atom. The van der Waals surface area contributed by atoms with Crippen molar-refractivity contribution in [3.63, 3.8) is 0 Å². The van der Waals surface area contributed by atoms with Crippen molar-refractivity contribution >= 4 is 17.5 Å². The average Bonchev–Trinajstić information content (AvgIpc) is 2.69. The van der Waals surface area contributed by atoms with Crippen LogP contribution in [0.15, 0.2) is 48.5 Å². The van der Waals surface area contributed by atoms with Crippen molar-refractivity contribution < 1.29 is 9.53 Å². The minimum Gasteiger partial charge on any atom is -0.494 e. The summed E-state index contributed by atoms with van der Waals surface area (Å²) in [5, 5.41) is 3.88. The Balaban J connectivity index is 1.52. The molecule has 2 aromatic carbocycles. The van der Waals surface area contributed by atoms with Crippen LogP contribution in [0.5, 0.6) is 5.75 Å². The molecule has 1 heterocycles. The number of carbonyl (C=O) groups excluding carboxylic acids is 1. The first-order valence-corrected chi connectivity index (χ1v) is 9.98. The summed E-state index contributed by atoms with van der Waals surface area (Å²) in [4.78, 5) is 15.0. The van der Waals surface area contributed by atoms with Crippen molar-refractivity contribution in [2.24, 2.45) is 5.92 Å². The molecule has 5 heteroatoms. The molecule has 0 radical (unpaired) electrons. The molecule has 1 unspecified atom stereocenters. The molecule has 3 rings (SSSR count). The van der Waals surface area contributed by atoms with Crippen LogP contribution in [0.1, 0.15) is 30.9 Å². The summed E-state index contributed by atoms with van der Waals surface area (Å²) < 4.78 is 5.52. The predicted octanol–water partition coefficient (Wildman–Crippen LogP) is 4.27. The van der Waals surface area contributed by atoms with Gasteiger partial charge < -0.3 is 10.1 Å². The van der Waals surface area contributed by atoms with E-state index < -0.39 is 0 Å². The molecule has 1 N–H and O–H groups in total. The van der Waals surface area contributed by atoms with Gasteiger partial charge in [-0.2, -0.15) is 0 Å². The Kier molecular flexibility index (Phi) is 7.13. The van der Waals surface area contributed by atoms with Gasteiger partial charge >= 0.3 is 0 Å². The molecule has 1 saturated heterocycles. The summed E-state index contributed by atoms with van der Waals surface area (Å²) in [6.07, 6.45) is 1.96. The zero-order valence-electron chi connectivity index (χ0n) is 15.8. The number of likely N-dealkylation sites (tertiary alicyclic amines) is 1. The van der Waals surface area contributed by atoms with Crippen LogP contribution in [0.4, 0.5) is 0 Å². The fourth-order valence-electron chi connectivity index (χ4n) is 3.53. The zero-order chi connectivity index (χ0) is 19.1. The summed E-state index contributed by atoms with van der Waals surface area (Å²) in [5.41, 5.74) is 2.17. The second-order valence-electron chi connectivity index (χ2n) is 6.96. The molecule has 144 valence electrons. The molecule has 4 nitrogen and oxygen atoms in total. The third kappa shape index (κ3) is 5.72. The predicted molar refractivity (Wildman–Crippen MR) is 109 cm³/mol.